The Bertz CT molecular complexity index is 157. The Morgan fingerprint density at radius 1 is 1.67 bits per heavy atom. The van der Waals surface area contributed by atoms with Crippen LogP contribution in [0, 0.1) is 0 Å². The molecular weight excluding hydrogens is 109 g/mol. The average Bonchev–Trinajstić information content (AvgIpc) is 2.37. The van der Waals surface area contributed by atoms with Crippen LogP contribution >= 0.6 is 0 Å². The van der Waals surface area contributed by atoms with Gasteiger partial charge in [-0.2, -0.15) is 0 Å². The summed E-state index contributed by atoms with van der Waals surface area (Å²) in [4.78, 5) is 0. The second kappa shape index (κ2) is 2.86. The second-order valence-electron chi connectivity index (χ2n) is 2.39. The van der Waals surface area contributed by atoms with Gasteiger partial charge in [0, 0.05) is 0 Å². The molecular formula is C7H12BN. The predicted molar refractivity (Wildman–Crippen MR) is 40.8 cm³/mol. The first-order valence-corrected chi connectivity index (χ1v) is 3.47. The maximum absolute atomic E-state index is 2.22. The molecule has 0 N–H and O–H groups in total. The van der Waals surface area contributed by atoms with Crippen molar-refractivity contribution in [3.05, 3.63) is 18.2 Å². The zero-order chi connectivity index (χ0) is 6.69. The zero-order valence-electron chi connectivity index (χ0n) is 6.04. The third-order valence-electron chi connectivity index (χ3n) is 1.73. The molecule has 48 valence electrons. The van der Waals surface area contributed by atoms with Crippen molar-refractivity contribution in [3.8, 4) is 0 Å². The number of aromatic nitrogens is 1. The molecule has 1 aromatic rings. The van der Waals surface area contributed by atoms with E-state index in [1.165, 1.54) is 6.42 Å². The summed E-state index contributed by atoms with van der Waals surface area (Å²) in [7, 11) is 2.11. The number of hydrogen-bond donors (Lipinski definition) is 0. The third kappa shape index (κ3) is 1.44. The van der Waals surface area contributed by atoms with E-state index in [0.29, 0.717) is 6.04 Å². The van der Waals surface area contributed by atoms with E-state index in [-0.39, 0.29) is 0 Å². The Morgan fingerprint density at radius 2 is 2.44 bits per heavy atom. The van der Waals surface area contributed by atoms with E-state index in [2.05, 4.69) is 43.6 Å². The van der Waals surface area contributed by atoms with E-state index < -0.39 is 0 Å². The van der Waals surface area contributed by atoms with Crippen molar-refractivity contribution < 1.29 is 0 Å². The predicted octanol–water partition coefficient (Wildman–Crippen LogP) is 1.80. The number of nitrogens with zero attached hydrogens (tertiary/aromatic N) is 1. The van der Waals surface area contributed by atoms with Crippen molar-refractivity contribution in [2.24, 2.45) is 0 Å². The fourth-order valence-corrected chi connectivity index (χ4v) is 0.853. The number of hydrogen-bond acceptors (Lipinski definition) is 0. The maximum atomic E-state index is 2.22. The van der Waals surface area contributed by atoms with Crippen LogP contribution in [0.5, 0.6) is 0 Å². The van der Waals surface area contributed by atoms with Crippen LogP contribution in [-0.4, -0.2) is 11.5 Å². The van der Waals surface area contributed by atoms with Crippen LogP contribution in [0.1, 0.15) is 26.3 Å². The molecule has 0 saturated carbocycles. The van der Waals surface area contributed by atoms with Gasteiger partial charge in [-0.15, -0.1) is 0 Å². The summed E-state index contributed by atoms with van der Waals surface area (Å²) in [5.41, 5.74) is 0. The summed E-state index contributed by atoms with van der Waals surface area (Å²) in [5, 5.41) is 0. The van der Waals surface area contributed by atoms with Crippen molar-refractivity contribution in [3.63, 3.8) is 0 Å². The SMILES string of the molecule is CCC(C)n1bccc1. The molecule has 1 aromatic heterocycles. The van der Waals surface area contributed by atoms with Crippen molar-refractivity contribution >= 4 is 7.05 Å². The van der Waals surface area contributed by atoms with Gasteiger partial charge in [-0.05, 0) is 0 Å². The number of rotatable bonds is 2. The molecule has 1 rings (SSSR count). The molecule has 0 aliphatic heterocycles. The Balaban J connectivity index is 2.65. The Kier molecular flexibility index (Phi) is 2.09. The molecule has 0 spiro atoms. The molecule has 0 fully saturated rings. The average molecular weight is 121 g/mol. The molecule has 0 saturated heterocycles. The van der Waals surface area contributed by atoms with E-state index >= 15 is 0 Å². The van der Waals surface area contributed by atoms with Gasteiger partial charge in [-0.25, -0.2) is 0 Å². The Labute approximate surface area is 56.9 Å². The fraction of sp³-hybridized carbons (Fsp3) is 0.571. The van der Waals surface area contributed by atoms with Crippen LogP contribution in [0.25, 0.3) is 0 Å². The summed E-state index contributed by atoms with van der Waals surface area (Å²) in [5.74, 6) is 2.06. The van der Waals surface area contributed by atoms with Crippen molar-refractivity contribution in [1.82, 2.24) is 4.47 Å². The first-order valence-electron chi connectivity index (χ1n) is 3.47. The van der Waals surface area contributed by atoms with E-state index in [1.54, 1.807) is 0 Å². The van der Waals surface area contributed by atoms with Gasteiger partial charge in [-0.1, -0.05) is 0 Å². The summed E-state index contributed by atoms with van der Waals surface area (Å²) in [6.45, 7) is 4.42. The molecule has 0 aromatic carbocycles. The normalized spacial score (nSPS) is 13.1. The minimum absolute atomic E-state index is 0.653. The zero-order valence-corrected chi connectivity index (χ0v) is 6.04. The molecule has 2 heteroatoms. The second-order valence-corrected chi connectivity index (χ2v) is 2.39. The molecule has 0 aliphatic rings. The van der Waals surface area contributed by atoms with E-state index in [0.717, 1.165) is 0 Å². The minimum atomic E-state index is 0.653. The summed E-state index contributed by atoms with van der Waals surface area (Å²) in [6, 6.07) is 2.71. The Hall–Kier alpha value is -0.525. The third-order valence-corrected chi connectivity index (χ3v) is 1.73. The van der Waals surface area contributed by atoms with Gasteiger partial charge in [0.15, 0.2) is 0 Å². The van der Waals surface area contributed by atoms with Gasteiger partial charge in [0.1, 0.15) is 0 Å². The fourth-order valence-electron chi connectivity index (χ4n) is 0.853. The first kappa shape index (κ1) is 6.59. The molecule has 0 radical (unpaired) electrons. The van der Waals surface area contributed by atoms with Crippen LogP contribution in [-0.2, 0) is 0 Å². The van der Waals surface area contributed by atoms with Gasteiger partial charge in [0.05, 0.1) is 0 Å². The summed E-state index contributed by atoms with van der Waals surface area (Å²) in [6.07, 6.45) is 3.31. The standard InChI is InChI=1S/C7H12BN/c1-3-7(2)9-6-4-5-8-9/h4-7H,3H2,1-2H3. The Morgan fingerprint density at radius 3 is 2.89 bits per heavy atom. The molecule has 1 heterocycles. The van der Waals surface area contributed by atoms with Gasteiger partial charge >= 0.3 is 56.1 Å². The summed E-state index contributed by atoms with van der Waals surface area (Å²) < 4.78 is 2.22. The first-order chi connectivity index (χ1) is 4.34. The van der Waals surface area contributed by atoms with Crippen LogP contribution in [0.2, 0.25) is 0 Å². The topological polar surface area (TPSA) is 4.93 Å². The molecule has 1 atom stereocenters. The summed E-state index contributed by atoms with van der Waals surface area (Å²) >= 11 is 0. The molecule has 1 unspecified atom stereocenters. The molecule has 0 aliphatic carbocycles. The van der Waals surface area contributed by atoms with Gasteiger partial charge in [-0.3, -0.25) is 0 Å². The van der Waals surface area contributed by atoms with E-state index in [4.69, 9.17) is 0 Å². The molecule has 0 bridgehead atoms. The molecule has 9 heavy (non-hydrogen) atoms. The van der Waals surface area contributed by atoms with Crippen molar-refractivity contribution in [2.75, 3.05) is 0 Å². The molecule has 1 nitrogen and oxygen atoms in total. The van der Waals surface area contributed by atoms with Crippen LogP contribution < -0.4 is 0 Å². The van der Waals surface area contributed by atoms with E-state index in [9.17, 15) is 0 Å². The van der Waals surface area contributed by atoms with Crippen molar-refractivity contribution in [2.45, 2.75) is 26.3 Å². The van der Waals surface area contributed by atoms with Gasteiger partial charge in [0.25, 0.3) is 0 Å². The van der Waals surface area contributed by atoms with Crippen LogP contribution in [0.15, 0.2) is 18.2 Å². The monoisotopic (exact) mass is 121 g/mol. The molecule has 0 amide bonds. The van der Waals surface area contributed by atoms with Crippen LogP contribution in [0.3, 0.4) is 0 Å². The van der Waals surface area contributed by atoms with Gasteiger partial charge in [0.2, 0.25) is 0 Å². The van der Waals surface area contributed by atoms with E-state index in [1.807, 2.05) is 0 Å². The van der Waals surface area contributed by atoms with Gasteiger partial charge < -0.3 is 0 Å². The quantitative estimate of drug-likeness (QED) is 0.562. The van der Waals surface area contributed by atoms with Crippen molar-refractivity contribution in [1.29, 1.82) is 0 Å². The van der Waals surface area contributed by atoms with Crippen LogP contribution in [0.4, 0.5) is 0 Å².